The number of halogens is 1. The molecule has 0 unspecified atom stereocenters. The number of hydrogen-bond donors (Lipinski definition) is 1. The standard InChI is InChI=1S/C12H15FN4O/c1-8(2)17-7-10(6-16-17)18-12-11(13)9(5-14)3-4-15-12/h3-4,6-8H,5,14H2,1-2H3. The maximum atomic E-state index is 13.8. The highest BCUT2D eigenvalue weighted by molar-refractivity contribution is 5.27. The van der Waals surface area contributed by atoms with E-state index in [1.54, 1.807) is 10.9 Å². The summed E-state index contributed by atoms with van der Waals surface area (Å²) in [7, 11) is 0. The van der Waals surface area contributed by atoms with Gasteiger partial charge >= 0.3 is 0 Å². The van der Waals surface area contributed by atoms with Crippen molar-refractivity contribution in [3.05, 3.63) is 36.0 Å². The summed E-state index contributed by atoms with van der Waals surface area (Å²) in [6.45, 7) is 4.09. The second-order valence-corrected chi connectivity index (χ2v) is 4.15. The number of nitrogens with two attached hydrogens (primary N) is 1. The van der Waals surface area contributed by atoms with Gasteiger partial charge in [-0.05, 0) is 19.9 Å². The monoisotopic (exact) mass is 250 g/mol. The molecule has 96 valence electrons. The SMILES string of the molecule is CC(C)n1cc(Oc2nccc(CN)c2F)cn1. The fourth-order valence-corrected chi connectivity index (χ4v) is 1.46. The first-order valence-corrected chi connectivity index (χ1v) is 5.67. The summed E-state index contributed by atoms with van der Waals surface area (Å²) in [5.41, 5.74) is 5.79. The van der Waals surface area contributed by atoms with E-state index >= 15 is 0 Å². The molecule has 0 aliphatic rings. The molecule has 0 aliphatic heterocycles. The van der Waals surface area contributed by atoms with E-state index < -0.39 is 5.82 Å². The topological polar surface area (TPSA) is 66.0 Å². The van der Waals surface area contributed by atoms with Crippen LogP contribution in [0.25, 0.3) is 0 Å². The van der Waals surface area contributed by atoms with Gasteiger partial charge in [0.05, 0.1) is 12.4 Å². The van der Waals surface area contributed by atoms with E-state index in [-0.39, 0.29) is 18.5 Å². The summed E-state index contributed by atoms with van der Waals surface area (Å²) in [5, 5.41) is 4.10. The molecular weight excluding hydrogens is 235 g/mol. The van der Waals surface area contributed by atoms with E-state index in [1.165, 1.54) is 18.5 Å². The average Bonchev–Trinajstić information content (AvgIpc) is 2.80. The average molecular weight is 250 g/mol. The van der Waals surface area contributed by atoms with Gasteiger partial charge < -0.3 is 10.5 Å². The van der Waals surface area contributed by atoms with Gasteiger partial charge in [0.1, 0.15) is 0 Å². The Labute approximate surface area is 104 Å². The molecule has 2 N–H and O–H groups in total. The zero-order chi connectivity index (χ0) is 13.1. The molecule has 18 heavy (non-hydrogen) atoms. The molecule has 2 aromatic rings. The molecule has 6 heteroatoms. The first kappa shape index (κ1) is 12.5. The van der Waals surface area contributed by atoms with Crippen molar-refractivity contribution < 1.29 is 9.13 Å². The van der Waals surface area contributed by atoms with Crippen molar-refractivity contribution in [2.75, 3.05) is 0 Å². The minimum absolute atomic E-state index is 0.0822. The maximum absolute atomic E-state index is 13.8. The van der Waals surface area contributed by atoms with Crippen LogP contribution in [0, 0.1) is 5.82 Å². The normalized spacial score (nSPS) is 10.9. The third-order valence-corrected chi connectivity index (χ3v) is 2.48. The lowest BCUT2D eigenvalue weighted by atomic mass is 10.2. The fraction of sp³-hybridized carbons (Fsp3) is 0.333. The molecule has 0 bridgehead atoms. The van der Waals surface area contributed by atoms with Gasteiger partial charge in [-0.25, -0.2) is 9.37 Å². The van der Waals surface area contributed by atoms with Gasteiger partial charge in [0.2, 0.25) is 0 Å². The molecule has 0 fully saturated rings. The van der Waals surface area contributed by atoms with Gasteiger partial charge in [-0.3, -0.25) is 4.68 Å². The van der Waals surface area contributed by atoms with Crippen LogP contribution < -0.4 is 10.5 Å². The van der Waals surface area contributed by atoms with Gasteiger partial charge in [-0.2, -0.15) is 5.10 Å². The van der Waals surface area contributed by atoms with Crippen LogP contribution in [0.4, 0.5) is 4.39 Å². The Morgan fingerprint density at radius 1 is 1.50 bits per heavy atom. The highest BCUT2D eigenvalue weighted by Gasteiger charge is 2.12. The second kappa shape index (κ2) is 5.14. The van der Waals surface area contributed by atoms with E-state index in [0.29, 0.717) is 11.3 Å². The molecule has 0 amide bonds. The van der Waals surface area contributed by atoms with E-state index in [2.05, 4.69) is 10.1 Å². The third-order valence-electron chi connectivity index (χ3n) is 2.48. The van der Waals surface area contributed by atoms with E-state index in [9.17, 15) is 4.39 Å². The summed E-state index contributed by atoms with van der Waals surface area (Å²) < 4.78 is 20.9. The summed E-state index contributed by atoms with van der Waals surface area (Å²) >= 11 is 0. The Kier molecular flexibility index (Phi) is 3.57. The molecule has 5 nitrogen and oxygen atoms in total. The minimum atomic E-state index is -0.530. The van der Waals surface area contributed by atoms with Gasteiger partial charge in [0.15, 0.2) is 11.6 Å². The second-order valence-electron chi connectivity index (χ2n) is 4.15. The quantitative estimate of drug-likeness (QED) is 0.903. The number of rotatable bonds is 4. The molecule has 2 rings (SSSR count). The molecule has 0 saturated heterocycles. The van der Waals surface area contributed by atoms with Crippen molar-refractivity contribution in [3.63, 3.8) is 0 Å². The molecule has 2 aromatic heterocycles. The summed E-state index contributed by atoms with van der Waals surface area (Å²) in [6.07, 6.45) is 4.69. The number of ether oxygens (including phenoxy) is 1. The lowest BCUT2D eigenvalue weighted by Crippen LogP contribution is -2.02. The largest absolute Gasteiger partial charge is 0.433 e. The Hall–Kier alpha value is -1.95. The van der Waals surface area contributed by atoms with Crippen molar-refractivity contribution in [2.45, 2.75) is 26.4 Å². The molecule has 2 heterocycles. The molecule has 0 atom stereocenters. The van der Waals surface area contributed by atoms with Gasteiger partial charge in [-0.1, -0.05) is 0 Å². The highest BCUT2D eigenvalue weighted by atomic mass is 19.1. The van der Waals surface area contributed by atoms with Crippen molar-refractivity contribution in [1.82, 2.24) is 14.8 Å². The molecule has 0 spiro atoms. The van der Waals surface area contributed by atoms with Crippen molar-refractivity contribution in [3.8, 4) is 11.6 Å². The Morgan fingerprint density at radius 3 is 2.89 bits per heavy atom. The smallest absolute Gasteiger partial charge is 0.256 e. The van der Waals surface area contributed by atoms with Crippen LogP contribution in [0.5, 0.6) is 11.6 Å². The molecule has 0 aliphatic carbocycles. The number of hydrogen-bond acceptors (Lipinski definition) is 4. The van der Waals surface area contributed by atoms with Crippen molar-refractivity contribution >= 4 is 0 Å². The molecular formula is C12H15FN4O. The lowest BCUT2D eigenvalue weighted by molar-refractivity contribution is 0.417. The van der Waals surface area contributed by atoms with Gasteiger partial charge in [-0.15, -0.1) is 0 Å². The maximum Gasteiger partial charge on any atom is 0.256 e. The van der Waals surface area contributed by atoms with Crippen LogP contribution in [0.2, 0.25) is 0 Å². The minimum Gasteiger partial charge on any atom is -0.433 e. The summed E-state index contributed by atoms with van der Waals surface area (Å²) in [4.78, 5) is 3.85. The van der Waals surface area contributed by atoms with Crippen LogP contribution in [0.15, 0.2) is 24.7 Å². The van der Waals surface area contributed by atoms with Crippen molar-refractivity contribution in [1.29, 1.82) is 0 Å². The zero-order valence-corrected chi connectivity index (χ0v) is 10.3. The van der Waals surface area contributed by atoms with Crippen LogP contribution in [-0.4, -0.2) is 14.8 Å². The Morgan fingerprint density at radius 2 is 2.28 bits per heavy atom. The van der Waals surface area contributed by atoms with Gasteiger partial charge in [0.25, 0.3) is 5.88 Å². The molecule has 0 aromatic carbocycles. The van der Waals surface area contributed by atoms with Crippen LogP contribution in [0.1, 0.15) is 25.5 Å². The predicted octanol–water partition coefficient (Wildman–Crippen LogP) is 2.25. The molecule has 0 saturated carbocycles. The molecule has 0 radical (unpaired) electrons. The summed E-state index contributed by atoms with van der Waals surface area (Å²) in [6, 6.07) is 1.75. The van der Waals surface area contributed by atoms with E-state index in [0.717, 1.165) is 0 Å². The first-order valence-electron chi connectivity index (χ1n) is 5.67. The van der Waals surface area contributed by atoms with Gasteiger partial charge in [0, 0.05) is 24.3 Å². The van der Waals surface area contributed by atoms with Crippen LogP contribution in [-0.2, 0) is 6.54 Å². The Balaban J connectivity index is 2.23. The van der Waals surface area contributed by atoms with E-state index in [1.807, 2.05) is 13.8 Å². The third kappa shape index (κ3) is 2.48. The summed E-state index contributed by atoms with van der Waals surface area (Å²) in [5.74, 6) is -0.164. The first-order chi connectivity index (χ1) is 8.61. The highest BCUT2D eigenvalue weighted by Crippen LogP contribution is 2.24. The van der Waals surface area contributed by atoms with Crippen LogP contribution >= 0.6 is 0 Å². The van der Waals surface area contributed by atoms with E-state index in [4.69, 9.17) is 10.5 Å². The van der Waals surface area contributed by atoms with Crippen molar-refractivity contribution in [2.24, 2.45) is 5.73 Å². The zero-order valence-electron chi connectivity index (χ0n) is 10.3. The number of aromatic nitrogens is 3. The number of pyridine rings is 1. The fourth-order valence-electron chi connectivity index (χ4n) is 1.46. The number of nitrogens with zero attached hydrogens (tertiary/aromatic N) is 3. The lowest BCUT2D eigenvalue weighted by Gasteiger charge is -2.06. The predicted molar refractivity (Wildman–Crippen MR) is 64.8 cm³/mol. The van der Waals surface area contributed by atoms with Crippen LogP contribution in [0.3, 0.4) is 0 Å². The Bertz CT molecular complexity index is 539.